The first-order valence-electron chi connectivity index (χ1n) is 3.94. The zero-order chi connectivity index (χ0) is 8.81. The number of aromatic nitrogens is 2. The van der Waals surface area contributed by atoms with Gasteiger partial charge in [-0.05, 0) is 6.42 Å². The van der Waals surface area contributed by atoms with Crippen LogP contribution in [0.4, 0.5) is 0 Å². The fourth-order valence-electron chi connectivity index (χ4n) is 0.985. The molecule has 1 N–H and O–H groups in total. The first-order chi connectivity index (χ1) is 5.86. The predicted octanol–water partition coefficient (Wildman–Crippen LogP) is 2.15. The van der Waals surface area contributed by atoms with Crippen molar-refractivity contribution in [1.29, 1.82) is 0 Å². The van der Waals surface area contributed by atoms with Gasteiger partial charge >= 0.3 is 0 Å². The summed E-state index contributed by atoms with van der Waals surface area (Å²) in [5.41, 5.74) is 0.976. The SMILES string of the molecule is COCCCc1ncc(CCl)[nH]1.Cl. The molecule has 5 heteroatoms. The molecular formula is C8H14Cl2N2O. The Morgan fingerprint density at radius 1 is 1.62 bits per heavy atom. The topological polar surface area (TPSA) is 37.9 Å². The minimum Gasteiger partial charge on any atom is -0.385 e. The molecule has 13 heavy (non-hydrogen) atoms. The van der Waals surface area contributed by atoms with Crippen molar-refractivity contribution in [3.05, 3.63) is 17.7 Å². The number of aromatic amines is 1. The normalized spacial score (nSPS) is 9.69. The van der Waals surface area contributed by atoms with E-state index in [2.05, 4.69) is 9.97 Å². The molecule has 1 aromatic heterocycles. The number of nitrogens with zero attached hydrogens (tertiary/aromatic N) is 1. The van der Waals surface area contributed by atoms with Gasteiger partial charge in [0.05, 0.1) is 5.88 Å². The fraction of sp³-hybridized carbons (Fsp3) is 0.625. The van der Waals surface area contributed by atoms with Crippen LogP contribution in [0.5, 0.6) is 0 Å². The third-order valence-electron chi connectivity index (χ3n) is 1.59. The van der Waals surface area contributed by atoms with Gasteiger partial charge in [0.1, 0.15) is 5.82 Å². The largest absolute Gasteiger partial charge is 0.385 e. The van der Waals surface area contributed by atoms with E-state index in [0.717, 1.165) is 31.0 Å². The molecule has 1 heterocycles. The van der Waals surface area contributed by atoms with E-state index in [1.165, 1.54) is 0 Å². The van der Waals surface area contributed by atoms with Crippen molar-refractivity contribution < 1.29 is 4.74 Å². The van der Waals surface area contributed by atoms with Gasteiger partial charge in [0.25, 0.3) is 0 Å². The molecule has 0 saturated heterocycles. The Morgan fingerprint density at radius 2 is 2.38 bits per heavy atom. The Bertz CT molecular complexity index is 228. The predicted molar refractivity (Wildman–Crippen MR) is 55.6 cm³/mol. The van der Waals surface area contributed by atoms with E-state index >= 15 is 0 Å². The quantitative estimate of drug-likeness (QED) is 0.615. The highest BCUT2D eigenvalue weighted by atomic mass is 35.5. The summed E-state index contributed by atoms with van der Waals surface area (Å²) in [6, 6.07) is 0. The number of aryl methyl sites for hydroxylation is 1. The molecular weight excluding hydrogens is 211 g/mol. The maximum Gasteiger partial charge on any atom is 0.106 e. The van der Waals surface area contributed by atoms with E-state index in [1.807, 2.05) is 0 Å². The van der Waals surface area contributed by atoms with E-state index in [-0.39, 0.29) is 12.4 Å². The van der Waals surface area contributed by atoms with Crippen LogP contribution in [0.25, 0.3) is 0 Å². The number of methoxy groups -OCH3 is 1. The zero-order valence-electron chi connectivity index (χ0n) is 7.55. The van der Waals surface area contributed by atoms with Crippen LogP contribution in [-0.2, 0) is 17.0 Å². The lowest BCUT2D eigenvalue weighted by molar-refractivity contribution is 0.194. The highest BCUT2D eigenvalue weighted by Gasteiger charge is 1.98. The number of imidazole rings is 1. The minimum atomic E-state index is 0. The summed E-state index contributed by atoms with van der Waals surface area (Å²) in [6.45, 7) is 0.775. The van der Waals surface area contributed by atoms with Crippen molar-refractivity contribution in [2.24, 2.45) is 0 Å². The summed E-state index contributed by atoms with van der Waals surface area (Å²) in [7, 11) is 1.70. The molecule has 3 nitrogen and oxygen atoms in total. The number of ether oxygens (including phenoxy) is 1. The molecule has 0 aliphatic heterocycles. The van der Waals surface area contributed by atoms with Crippen molar-refractivity contribution in [2.45, 2.75) is 18.7 Å². The maximum atomic E-state index is 5.61. The Balaban J connectivity index is 0.00000144. The second-order valence-electron chi connectivity index (χ2n) is 2.59. The summed E-state index contributed by atoms with van der Waals surface area (Å²) in [5, 5.41) is 0. The van der Waals surface area contributed by atoms with Crippen LogP contribution in [0, 0.1) is 0 Å². The van der Waals surface area contributed by atoms with Gasteiger partial charge in [-0.25, -0.2) is 4.98 Å². The number of nitrogens with one attached hydrogen (secondary N) is 1. The number of hydrogen-bond acceptors (Lipinski definition) is 2. The number of alkyl halides is 1. The average Bonchev–Trinajstić information content (AvgIpc) is 2.53. The third-order valence-corrected chi connectivity index (χ3v) is 1.88. The Morgan fingerprint density at radius 3 is 2.92 bits per heavy atom. The van der Waals surface area contributed by atoms with Crippen molar-refractivity contribution in [2.75, 3.05) is 13.7 Å². The Kier molecular flexibility index (Phi) is 7.04. The van der Waals surface area contributed by atoms with Crippen molar-refractivity contribution >= 4 is 24.0 Å². The van der Waals surface area contributed by atoms with Crippen LogP contribution in [-0.4, -0.2) is 23.7 Å². The van der Waals surface area contributed by atoms with Crippen LogP contribution in [0.2, 0.25) is 0 Å². The molecule has 0 aromatic carbocycles. The molecule has 1 aromatic rings. The number of halogens is 2. The summed E-state index contributed by atoms with van der Waals surface area (Å²) < 4.78 is 4.93. The highest BCUT2D eigenvalue weighted by molar-refractivity contribution is 6.16. The molecule has 0 spiro atoms. The average molecular weight is 225 g/mol. The van der Waals surface area contributed by atoms with E-state index in [1.54, 1.807) is 13.3 Å². The van der Waals surface area contributed by atoms with Crippen molar-refractivity contribution in [3.63, 3.8) is 0 Å². The minimum absolute atomic E-state index is 0. The standard InChI is InChI=1S/C8H13ClN2O.ClH/c1-12-4-2-3-8-10-6-7(5-9)11-8;/h6H,2-5H2,1H3,(H,10,11);1H. The van der Waals surface area contributed by atoms with Crippen LogP contribution in [0.3, 0.4) is 0 Å². The summed E-state index contributed by atoms with van der Waals surface area (Å²) in [5.74, 6) is 1.49. The molecule has 0 aliphatic rings. The summed E-state index contributed by atoms with van der Waals surface area (Å²) >= 11 is 5.61. The Labute approximate surface area is 89.3 Å². The Hall–Kier alpha value is -0.250. The van der Waals surface area contributed by atoms with Crippen LogP contribution < -0.4 is 0 Å². The van der Waals surface area contributed by atoms with Gasteiger partial charge in [0, 0.05) is 32.0 Å². The molecule has 1 rings (SSSR count). The first-order valence-corrected chi connectivity index (χ1v) is 4.48. The number of hydrogen-bond donors (Lipinski definition) is 1. The summed E-state index contributed by atoms with van der Waals surface area (Å²) in [6.07, 6.45) is 3.69. The molecule has 0 unspecified atom stereocenters. The second kappa shape index (κ2) is 7.18. The lowest BCUT2D eigenvalue weighted by atomic mass is 10.3. The van der Waals surface area contributed by atoms with Crippen molar-refractivity contribution in [1.82, 2.24) is 9.97 Å². The zero-order valence-corrected chi connectivity index (χ0v) is 9.12. The molecule has 0 aliphatic carbocycles. The molecule has 76 valence electrons. The van der Waals surface area contributed by atoms with Crippen LogP contribution >= 0.6 is 24.0 Å². The van der Waals surface area contributed by atoms with Gasteiger partial charge in [-0.15, -0.1) is 24.0 Å². The van der Waals surface area contributed by atoms with E-state index in [0.29, 0.717) is 5.88 Å². The van der Waals surface area contributed by atoms with Crippen LogP contribution in [0.15, 0.2) is 6.20 Å². The first kappa shape index (κ1) is 12.8. The number of rotatable bonds is 5. The maximum absolute atomic E-state index is 5.61. The van der Waals surface area contributed by atoms with Gasteiger partial charge < -0.3 is 9.72 Å². The van der Waals surface area contributed by atoms with Gasteiger partial charge in [-0.2, -0.15) is 0 Å². The smallest absolute Gasteiger partial charge is 0.106 e. The number of H-pyrrole nitrogens is 1. The second-order valence-corrected chi connectivity index (χ2v) is 2.85. The van der Waals surface area contributed by atoms with Gasteiger partial charge in [0.15, 0.2) is 0 Å². The monoisotopic (exact) mass is 224 g/mol. The van der Waals surface area contributed by atoms with Crippen molar-refractivity contribution in [3.8, 4) is 0 Å². The van der Waals surface area contributed by atoms with E-state index < -0.39 is 0 Å². The molecule has 0 radical (unpaired) electrons. The third kappa shape index (κ3) is 4.50. The molecule has 0 amide bonds. The molecule has 0 bridgehead atoms. The van der Waals surface area contributed by atoms with Gasteiger partial charge in [-0.1, -0.05) is 0 Å². The van der Waals surface area contributed by atoms with E-state index in [4.69, 9.17) is 16.3 Å². The molecule has 0 fully saturated rings. The lowest BCUT2D eigenvalue weighted by Crippen LogP contribution is -1.94. The molecule has 0 atom stereocenters. The highest BCUT2D eigenvalue weighted by Crippen LogP contribution is 2.02. The lowest BCUT2D eigenvalue weighted by Gasteiger charge is -1.95. The summed E-state index contributed by atoms with van der Waals surface area (Å²) in [4.78, 5) is 7.29. The molecule has 0 saturated carbocycles. The van der Waals surface area contributed by atoms with Gasteiger partial charge in [0.2, 0.25) is 0 Å². The van der Waals surface area contributed by atoms with E-state index in [9.17, 15) is 0 Å². The fourth-order valence-corrected chi connectivity index (χ4v) is 1.12. The van der Waals surface area contributed by atoms with Crippen LogP contribution in [0.1, 0.15) is 17.9 Å². The van der Waals surface area contributed by atoms with Gasteiger partial charge in [-0.3, -0.25) is 0 Å².